The molecule has 0 atom stereocenters. The van der Waals surface area contributed by atoms with E-state index in [1.54, 1.807) is 24.3 Å². The number of hydrogen-bond donors (Lipinski definition) is 1. The first-order valence-electron chi connectivity index (χ1n) is 5.89. The number of primary amides is 1. The van der Waals surface area contributed by atoms with Crippen molar-refractivity contribution in [3.63, 3.8) is 0 Å². The quantitative estimate of drug-likeness (QED) is 0.783. The maximum atomic E-state index is 11.2. The van der Waals surface area contributed by atoms with Gasteiger partial charge in [-0.2, -0.15) is 5.26 Å². The summed E-state index contributed by atoms with van der Waals surface area (Å²) >= 11 is 0. The number of rotatable bonds is 6. The van der Waals surface area contributed by atoms with Gasteiger partial charge in [-0.3, -0.25) is 4.79 Å². The second kappa shape index (κ2) is 6.06. The summed E-state index contributed by atoms with van der Waals surface area (Å²) in [5, 5.41) is 8.88. The summed E-state index contributed by atoms with van der Waals surface area (Å²) in [5.74, 6) is 0.00252. The zero-order valence-corrected chi connectivity index (χ0v) is 10.8. The fourth-order valence-corrected chi connectivity index (χ4v) is 1.55. The molecular formula is C14H18N2O2. The SMILES string of the molecule is CC(C)(C#N)CCCOc1ccccc1C(N)=O. The summed E-state index contributed by atoms with van der Waals surface area (Å²) in [4.78, 5) is 11.2. The summed E-state index contributed by atoms with van der Waals surface area (Å²) in [5.41, 5.74) is 5.29. The summed E-state index contributed by atoms with van der Waals surface area (Å²) < 4.78 is 5.53. The van der Waals surface area contributed by atoms with E-state index in [2.05, 4.69) is 6.07 Å². The van der Waals surface area contributed by atoms with Crippen molar-refractivity contribution in [1.29, 1.82) is 5.26 Å². The van der Waals surface area contributed by atoms with Gasteiger partial charge in [-0.05, 0) is 38.8 Å². The summed E-state index contributed by atoms with van der Waals surface area (Å²) in [6.07, 6.45) is 1.51. The molecule has 96 valence electrons. The zero-order chi connectivity index (χ0) is 13.6. The summed E-state index contributed by atoms with van der Waals surface area (Å²) in [6, 6.07) is 9.13. The van der Waals surface area contributed by atoms with Crippen LogP contribution < -0.4 is 10.5 Å². The van der Waals surface area contributed by atoms with E-state index < -0.39 is 5.91 Å². The van der Waals surface area contributed by atoms with Gasteiger partial charge in [0.15, 0.2) is 0 Å². The van der Waals surface area contributed by atoms with E-state index in [1.165, 1.54) is 0 Å². The van der Waals surface area contributed by atoms with Crippen LogP contribution in [0.4, 0.5) is 0 Å². The average Bonchev–Trinajstić information content (AvgIpc) is 2.35. The fourth-order valence-electron chi connectivity index (χ4n) is 1.55. The molecule has 0 bridgehead atoms. The molecule has 2 N–H and O–H groups in total. The first-order chi connectivity index (χ1) is 8.46. The van der Waals surface area contributed by atoms with E-state index in [1.807, 2.05) is 13.8 Å². The second-order valence-electron chi connectivity index (χ2n) is 4.81. The molecule has 0 saturated carbocycles. The van der Waals surface area contributed by atoms with Crippen LogP contribution in [0, 0.1) is 16.7 Å². The Balaban J connectivity index is 2.50. The molecule has 0 heterocycles. The van der Waals surface area contributed by atoms with Crippen LogP contribution in [0.15, 0.2) is 24.3 Å². The molecule has 4 nitrogen and oxygen atoms in total. The topological polar surface area (TPSA) is 76.1 Å². The van der Waals surface area contributed by atoms with Crippen LogP contribution in [0.3, 0.4) is 0 Å². The minimum atomic E-state index is -0.497. The van der Waals surface area contributed by atoms with Crippen molar-refractivity contribution in [2.24, 2.45) is 11.1 Å². The summed E-state index contributed by atoms with van der Waals surface area (Å²) in [7, 11) is 0. The summed E-state index contributed by atoms with van der Waals surface area (Å²) in [6.45, 7) is 4.25. The fraction of sp³-hybridized carbons (Fsp3) is 0.429. The van der Waals surface area contributed by atoms with Crippen molar-refractivity contribution in [3.05, 3.63) is 29.8 Å². The molecule has 0 unspecified atom stereocenters. The Morgan fingerprint density at radius 1 is 1.44 bits per heavy atom. The molecule has 1 aromatic rings. The molecule has 1 amide bonds. The lowest BCUT2D eigenvalue weighted by atomic mass is 9.90. The number of ether oxygens (including phenoxy) is 1. The van der Waals surface area contributed by atoms with Crippen LogP contribution in [0.1, 0.15) is 37.0 Å². The molecule has 0 aromatic heterocycles. The smallest absolute Gasteiger partial charge is 0.252 e. The zero-order valence-electron chi connectivity index (χ0n) is 10.8. The minimum Gasteiger partial charge on any atom is -0.493 e. The van der Waals surface area contributed by atoms with Crippen LogP contribution >= 0.6 is 0 Å². The number of carbonyl (C=O) groups excluding carboxylic acids is 1. The molecule has 0 aliphatic rings. The molecule has 0 spiro atoms. The van der Waals surface area contributed by atoms with Crippen LogP contribution in [0.5, 0.6) is 5.75 Å². The maximum Gasteiger partial charge on any atom is 0.252 e. The lowest BCUT2D eigenvalue weighted by Gasteiger charge is -2.15. The van der Waals surface area contributed by atoms with E-state index in [-0.39, 0.29) is 5.41 Å². The molecule has 0 radical (unpaired) electrons. The Bertz CT molecular complexity index is 461. The van der Waals surface area contributed by atoms with E-state index in [0.717, 1.165) is 12.8 Å². The van der Waals surface area contributed by atoms with Gasteiger partial charge in [0.1, 0.15) is 5.75 Å². The lowest BCUT2D eigenvalue weighted by molar-refractivity contribution is 0.0996. The molecule has 0 saturated heterocycles. The number of nitriles is 1. The number of para-hydroxylation sites is 1. The van der Waals surface area contributed by atoms with Crippen molar-refractivity contribution >= 4 is 5.91 Å². The Kier molecular flexibility index (Phi) is 4.73. The minimum absolute atomic E-state index is 0.341. The van der Waals surface area contributed by atoms with Gasteiger partial charge < -0.3 is 10.5 Å². The largest absolute Gasteiger partial charge is 0.493 e. The molecule has 1 aromatic carbocycles. The Labute approximate surface area is 107 Å². The predicted molar refractivity (Wildman–Crippen MR) is 69.1 cm³/mol. The Morgan fingerprint density at radius 2 is 2.11 bits per heavy atom. The molecule has 4 heteroatoms. The van der Waals surface area contributed by atoms with Crippen LogP contribution in [-0.2, 0) is 0 Å². The van der Waals surface area contributed by atoms with Crippen molar-refractivity contribution < 1.29 is 9.53 Å². The molecule has 0 fully saturated rings. The van der Waals surface area contributed by atoms with Crippen molar-refractivity contribution in [2.45, 2.75) is 26.7 Å². The van der Waals surface area contributed by atoms with E-state index in [0.29, 0.717) is 17.9 Å². The lowest BCUT2D eigenvalue weighted by Crippen LogP contribution is -2.14. The van der Waals surface area contributed by atoms with Gasteiger partial charge >= 0.3 is 0 Å². The Morgan fingerprint density at radius 3 is 2.72 bits per heavy atom. The highest BCUT2D eigenvalue weighted by Crippen LogP contribution is 2.22. The van der Waals surface area contributed by atoms with Gasteiger partial charge in [0.05, 0.1) is 23.7 Å². The third-order valence-electron chi connectivity index (χ3n) is 2.66. The highest BCUT2D eigenvalue weighted by atomic mass is 16.5. The van der Waals surface area contributed by atoms with Gasteiger partial charge in [0.2, 0.25) is 0 Å². The number of nitrogens with two attached hydrogens (primary N) is 1. The van der Waals surface area contributed by atoms with Crippen LogP contribution in [0.2, 0.25) is 0 Å². The number of hydrogen-bond acceptors (Lipinski definition) is 3. The monoisotopic (exact) mass is 246 g/mol. The average molecular weight is 246 g/mol. The molecule has 0 aliphatic heterocycles. The van der Waals surface area contributed by atoms with E-state index in [9.17, 15) is 4.79 Å². The molecular weight excluding hydrogens is 228 g/mol. The van der Waals surface area contributed by atoms with Crippen LogP contribution in [0.25, 0.3) is 0 Å². The van der Waals surface area contributed by atoms with Gasteiger partial charge in [0, 0.05) is 0 Å². The van der Waals surface area contributed by atoms with E-state index in [4.69, 9.17) is 15.7 Å². The molecule has 1 rings (SSSR count). The third kappa shape index (κ3) is 4.10. The van der Waals surface area contributed by atoms with Gasteiger partial charge in [0.25, 0.3) is 5.91 Å². The van der Waals surface area contributed by atoms with Gasteiger partial charge in [-0.1, -0.05) is 12.1 Å². The molecule has 0 aliphatic carbocycles. The maximum absolute atomic E-state index is 11.2. The second-order valence-corrected chi connectivity index (χ2v) is 4.81. The predicted octanol–water partition coefficient (Wildman–Crippen LogP) is 2.49. The molecule has 18 heavy (non-hydrogen) atoms. The first kappa shape index (κ1) is 14.0. The number of nitrogens with zero attached hydrogens (tertiary/aromatic N) is 1. The number of carbonyl (C=O) groups is 1. The standard InChI is InChI=1S/C14H18N2O2/c1-14(2,10-15)8-5-9-18-12-7-4-3-6-11(12)13(16)17/h3-4,6-7H,5,8-9H2,1-2H3,(H2,16,17). The first-order valence-corrected chi connectivity index (χ1v) is 5.89. The van der Waals surface area contributed by atoms with Crippen molar-refractivity contribution in [3.8, 4) is 11.8 Å². The number of amides is 1. The number of benzene rings is 1. The highest BCUT2D eigenvalue weighted by molar-refractivity contribution is 5.95. The van der Waals surface area contributed by atoms with Gasteiger partial charge in [-0.15, -0.1) is 0 Å². The van der Waals surface area contributed by atoms with Gasteiger partial charge in [-0.25, -0.2) is 0 Å². The van der Waals surface area contributed by atoms with Crippen molar-refractivity contribution in [1.82, 2.24) is 0 Å². The normalized spacial score (nSPS) is 10.7. The van der Waals surface area contributed by atoms with Crippen LogP contribution in [-0.4, -0.2) is 12.5 Å². The Hall–Kier alpha value is -2.02. The third-order valence-corrected chi connectivity index (χ3v) is 2.66. The highest BCUT2D eigenvalue weighted by Gasteiger charge is 2.16. The van der Waals surface area contributed by atoms with Crippen molar-refractivity contribution in [2.75, 3.05) is 6.61 Å². The van der Waals surface area contributed by atoms with E-state index >= 15 is 0 Å².